The van der Waals surface area contributed by atoms with E-state index in [9.17, 15) is 4.79 Å². The van der Waals surface area contributed by atoms with E-state index in [2.05, 4.69) is 24.0 Å². The zero-order valence-electron chi connectivity index (χ0n) is 15.3. The van der Waals surface area contributed by atoms with Crippen molar-refractivity contribution in [3.05, 3.63) is 29.0 Å². The Hall–Kier alpha value is -1.70. The molecule has 26 heavy (non-hydrogen) atoms. The van der Waals surface area contributed by atoms with Gasteiger partial charge in [-0.05, 0) is 44.8 Å². The molecule has 1 aliphatic heterocycles. The Morgan fingerprint density at radius 2 is 1.96 bits per heavy atom. The molecule has 0 aromatic carbocycles. The minimum Gasteiger partial charge on any atom is -0.483 e. The Morgan fingerprint density at radius 3 is 2.50 bits per heavy atom. The van der Waals surface area contributed by atoms with Gasteiger partial charge in [0, 0.05) is 38.6 Å². The third-order valence-electron chi connectivity index (χ3n) is 5.29. The second kappa shape index (κ2) is 9.30. The van der Waals surface area contributed by atoms with Crippen LogP contribution in [-0.2, 0) is 9.53 Å². The maximum Gasteiger partial charge on any atom is 0.290 e. The number of fused-ring (bicyclic) bond motifs is 1. The molecule has 1 N–H and O–H groups in total. The lowest BCUT2D eigenvalue weighted by Crippen LogP contribution is -2.47. The number of likely N-dealkylation sites (N-methyl/N-ethyl adjacent to an activating group) is 1. The number of halogens is 1. The molecule has 144 valence electrons. The van der Waals surface area contributed by atoms with Gasteiger partial charge in [0.2, 0.25) is 0 Å². The second-order valence-corrected chi connectivity index (χ2v) is 7.44. The Labute approximate surface area is 158 Å². The smallest absolute Gasteiger partial charge is 0.290 e. The van der Waals surface area contributed by atoms with Gasteiger partial charge in [0.15, 0.2) is 0 Å². The lowest BCUT2D eigenvalue weighted by atomic mass is 9.77. The summed E-state index contributed by atoms with van der Waals surface area (Å²) in [7, 11) is 6.00. The first-order valence-electron chi connectivity index (χ1n) is 8.58. The van der Waals surface area contributed by atoms with Crippen LogP contribution < -0.4 is 0 Å². The molecule has 8 heteroatoms. The van der Waals surface area contributed by atoms with E-state index in [-0.39, 0.29) is 18.5 Å². The molecule has 0 spiro atoms. The molecule has 1 aliphatic carbocycles. The van der Waals surface area contributed by atoms with Crippen LogP contribution in [0.3, 0.4) is 0 Å². The van der Waals surface area contributed by atoms with Crippen molar-refractivity contribution in [2.75, 3.05) is 34.3 Å². The number of ether oxygens (including phenoxy) is 1. The monoisotopic (exact) mass is 383 g/mol. The fraction of sp³-hybridized carbons (Fsp3) is 0.611. The van der Waals surface area contributed by atoms with Crippen molar-refractivity contribution in [2.45, 2.75) is 25.0 Å². The normalized spacial score (nSPS) is 27.5. The van der Waals surface area contributed by atoms with Crippen LogP contribution in [0.1, 0.15) is 23.2 Å². The number of aromatic nitrogens is 1. The number of methoxy groups -OCH3 is 1. The Bertz CT molecular complexity index is 628. The van der Waals surface area contributed by atoms with Crippen molar-refractivity contribution in [2.24, 2.45) is 11.8 Å². The predicted octanol–water partition coefficient (Wildman–Crippen LogP) is 1.86. The first-order chi connectivity index (χ1) is 12.4. The maximum absolute atomic E-state index is 12.7. The molecule has 2 aliphatic rings. The predicted molar refractivity (Wildman–Crippen MR) is 98.3 cm³/mol. The van der Waals surface area contributed by atoms with Crippen molar-refractivity contribution in [1.82, 2.24) is 14.8 Å². The highest BCUT2D eigenvalue weighted by atomic mass is 35.5. The molecule has 3 rings (SSSR count). The van der Waals surface area contributed by atoms with E-state index in [1.165, 1.54) is 0 Å². The number of carbonyl (C=O) groups is 2. The SMILES string of the molecule is CO[C@@H]1C[C@H]2CN(C(=O)c3cncc(Cl)c3)C[C@H]2C[C@H]1N(C)C.O=CO. The first-order valence-corrected chi connectivity index (χ1v) is 8.95. The van der Waals surface area contributed by atoms with Crippen LogP contribution >= 0.6 is 11.6 Å². The number of pyridine rings is 1. The van der Waals surface area contributed by atoms with E-state index in [0.29, 0.717) is 28.5 Å². The van der Waals surface area contributed by atoms with Gasteiger partial charge >= 0.3 is 0 Å². The van der Waals surface area contributed by atoms with Crippen LogP contribution in [0.15, 0.2) is 18.5 Å². The Morgan fingerprint density at radius 1 is 1.35 bits per heavy atom. The largest absolute Gasteiger partial charge is 0.483 e. The number of nitrogens with zero attached hydrogens (tertiary/aromatic N) is 3. The van der Waals surface area contributed by atoms with E-state index in [1.54, 1.807) is 25.6 Å². The average molecular weight is 384 g/mol. The fourth-order valence-corrected chi connectivity index (χ4v) is 4.24. The summed E-state index contributed by atoms with van der Waals surface area (Å²) >= 11 is 5.95. The van der Waals surface area contributed by atoms with E-state index < -0.39 is 0 Å². The fourth-order valence-electron chi connectivity index (χ4n) is 4.06. The number of likely N-dealkylation sites (tertiary alicyclic amines) is 1. The molecular formula is C18H26ClN3O4. The minimum absolute atomic E-state index is 0.0322. The summed E-state index contributed by atoms with van der Waals surface area (Å²) in [5.74, 6) is 1.10. The molecule has 0 unspecified atom stereocenters. The lowest BCUT2D eigenvalue weighted by Gasteiger charge is -2.40. The standard InChI is InChI=1S/C17H24ClN3O2.CH2O2/c1-20(2)15-5-12-9-21(10-13(12)6-16(15)23-3)17(22)11-4-14(18)8-19-7-11;2-1-3/h4,7-8,12-13,15-16H,5-6,9-10H2,1-3H3;1H,(H,2,3)/t12-,13+,15-,16-;/m1./s1. The van der Waals surface area contributed by atoms with Gasteiger partial charge in [-0.1, -0.05) is 11.6 Å². The first kappa shape index (κ1) is 20.6. The molecule has 0 radical (unpaired) electrons. The summed E-state index contributed by atoms with van der Waals surface area (Å²) in [5.41, 5.74) is 0.573. The Kier molecular flexibility index (Phi) is 7.37. The summed E-state index contributed by atoms with van der Waals surface area (Å²) in [6.45, 7) is 1.37. The van der Waals surface area contributed by atoms with Gasteiger partial charge < -0.3 is 19.6 Å². The van der Waals surface area contributed by atoms with Gasteiger partial charge in [-0.2, -0.15) is 0 Å². The average Bonchev–Trinajstić information content (AvgIpc) is 3.03. The van der Waals surface area contributed by atoms with Crippen LogP contribution in [0.25, 0.3) is 0 Å². The van der Waals surface area contributed by atoms with E-state index in [4.69, 9.17) is 26.2 Å². The molecule has 2 fully saturated rings. The van der Waals surface area contributed by atoms with Gasteiger partial charge in [-0.15, -0.1) is 0 Å². The van der Waals surface area contributed by atoms with Gasteiger partial charge in [-0.3, -0.25) is 14.6 Å². The number of rotatable bonds is 3. The molecule has 0 bridgehead atoms. The Balaban J connectivity index is 0.000000758. The van der Waals surface area contributed by atoms with Crippen molar-refractivity contribution >= 4 is 24.0 Å². The highest BCUT2D eigenvalue weighted by Gasteiger charge is 2.44. The third-order valence-corrected chi connectivity index (χ3v) is 5.50. The molecular weight excluding hydrogens is 358 g/mol. The zero-order valence-corrected chi connectivity index (χ0v) is 16.1. The van der Waals surface area contributed by atoms with Crippen molar-refractivity contribution < 1.29 is 19.4 Å². The molecule has 4 atom stereocenters. The molecule has 1 saturated carbocycles. The van der Waals surface area contributed by atoms with Gasteiger partial charge in [0.25, 0.3) is 12.4 Å². The molecule has 1 aromatic heterocycles. The van der Waals surface area contributed by atoms with Gasteiger partial charge in [0.1, 0.15) is 0 Å². The number of hydrogen-bond acceptors (Lipinski definition) is 5. The summed E-state index contributed by atoms with van der Waals surface area (Å²) in [5, 5.41) is 7.39. The maximum atomic E-state index is 12.7. The van der Waals surface area contributed by atoms with Crippen LogP contribution in [-0.4, -0.2) is 78.7 Å². The molecule has 7 nitrogen and oxygen atoms in total. The van der Waals surface area contributed by atoms with Gasteiger partial charge in [0.05, 0.1) is 16.7 Å². The van der Waals surface area contributed by atoms with Crippen LogP contribution in [0, 0.1) is 11.8 Å². The quantitative estimate of drug-likeness (QED) is 0.802. The van der Waals surface area contributed by atoms with Crippen molar-refractivity contribution in [1.29, 1.82) is 0 Å². The highest BCUT2D eigenvalue weighted by Crippen LogP contribution is 2.39. The minimum atomic E-state index is -0.250. The highest BCUT2D eigenvalue weighted by molar-refractivity contribution is 6.30. The number of amides is 1. The van der Waals surface area contributed by atoms with Crippen LogP contribution in [0.5, 0.6) is 0 Å². The summed E-state index contributed by atoms with van der Waals surface area (Å²) in [6.07, 6.45) is 5.48. The van der Waals surface area contributed by atoms with Crippen LogP contribution in [0.2, 0.25) is 5.02 Å². The number of hydrogen-bond donors (Lipinski definition) is 1. The van der Waals surface area contributed by atoms with Crippen molar-refractivity contribution in [3.63, 3.8) is 0 Å². The molecule has 2 heterocycles. The molecule has 1 amide bonds. The van der Waals surface area contributed by atoms with E-state index in [1.807, 2.05) is 4.90 Å². The topological polar surface area (TPSA) is 83.0 Å². The van der Waals surface area contributed by atoms with E-state index in [0.717, 1.165) is 25.9 Å². The summed E-state index contributed by atoms with van der Waals surface area (Å²) in [4.78, 5) is 29.3. The number of carbonyl (C=O) groups excluding carboxylic acids is 1. The third kappa shape index (κ3) is 4.72. The van der Waals surface area contributed by atoms with Crippen LogP contribution in [0.4, 0.5) is 0 Å². The van der Waals surface area contributed by atoms with Crippen molar-refractivity contribution in [3.8, 4) is 0 Å². The van der Waals surface area contributed by atoms with Gasteiger partial charge in [-0.25, -0.2) is 0 Å². The van der Waals surface area contributed by atoms with E-state index >= 15 is 0 Å². The molecule has 1 aromatic rings. The number of carboxylic acid groups (broad SMARTS) is 1. The molecule has 1 saturated heterocycles. The summed E-state index contributed by atoms with van der Waals surface area (Å²) < 4.78 is 5.70. The second-order valence-electron chi connectivity index (χ2n) is 7.00. The zero-order chi connectivity index (χ0) is 19.3. The summed E-state index contributed by atoms with van der Waals surface area (Å²) in [6, 6.07) is 2.11. The lowest BCUT2D eigenvalue weighted by molar-refractivity contribution is -0.122.